The zero-order valence-electron chi connectivity index (χ0n) is 10.3. The zero-order chi connectivity index (χ0) is 10.7. The van der Waals surface area contributed by atoms with Crippen molar-refractivity contribution in [2.45, 2.75) is 58.0 Å². The van der Waals surface area contributed by atoms with Gasteiger partial charge in [-0.3, -0.25) is 0 Å². The van der Waals surface area contributed by atoms with Gasteiger partial charge < -0.3 is 10.2 Å². The van der Waals surface area contributed by atoms with Gasteiger partial charge in [0.1, 0.15) is 0 Å². The summed E-state index contributed by atoms with van der Waals surface area (Å²) in [5.41, 5.74) is 0. The third kappa shape index (κ3) is 2.94. The third-order valence-electron chi connectivity index (χ3n) is 4.01. The molecule has 1 N–H and O–H groups in total. The molecule has 2 saturated carbocycles. The number of hydrogen-bond acceptors (Lipinski definition) is 2. The summed E-state index contributed by atoms with van der Waals surface area (Å²) in [5, 5.41) is 3.68. The number of nitrogens with one attached hydrogen (secondary N) is 1. The minimum absolute atomic E-state index is 0.882. The molecule has 2 nitrogen and oxygen atoms in total. The van der Waals surface area contributed by atoms with E-state index in [0.29, 0.717) is 0 Å². The second-order valence-electron chi connectivity index (χ2n) is 5.22. The molecule has 0 bridgehead atoms. The molecular formula is C13H26N2. The van der Waals surface area contributed by atoms with Gasteiger partial charge in [0, 0.05) is 12.1 Å². The summed E-state index contributed by atoms with van der Waals surface area (Å²) in [6, 6.07) is 1.77. The van der Waals surface area contributed by atoms with Gasteiger partial charge in [-0.2, -0.15) is 0 Å². The van der Waals surface area contributed by atoms with Gasteiger partial charge in [-0.15, -0.1) is 0 Å². The Hall–Kier alpha value is -0.0800. The molecule has 0 aromatic heterocycles. The largest absolute Gasteiger partial charge is 0.314 e. The molecule has 2 atom stereocenters. The van der Waals surface area contributed by atoms with E-state index in [9.17, 15) is 0 Å². The van der Waals surface area contributed by atoms with Crippen molar-refractivity contribution in [2.75, 3.05) is 19.6 Å². The average Bonchev–Trinajstić information content (AvgIpc) is 2.99. The highest BCUT2D eigenvalue weighted by atomic mass is 15.2. The minimum Gasteiger partial charge on any atom is -0.314 e. The van der Waals surface area contributed by atoms with Crippen molar-refractivity contribution < 1.29 is 0 Å². The van der Waals surface area contributed by atoms with Crippen LogP contribution in [0.2, 0.25) is 0 Å². The van der Waals surface area contributed by atoms with E-state index in [4.69, 9.17) is 0 Å². The normalized spacial score (nSPS) is 30.6. The zero-order valence-corrected chi connectivity index (χ0v) is 10.3. The highest BCUT2D eigenvalue weighted by molar-refractivity contribution is 4.92. The lowest BCUT2D eigenvalue weighted by molar-refractivity contribution is 0.0659. The Balaban J connectivity index is 1.70. The molecule has 2 rings (SSSR count). The maximum Gasteiger partial charge on any atom is 0.0136 e. The van der Waals surface area contributed by atoms with Gasteiger partial charge in [0.2, 0.25) is 0 Å². The molecule has 0 aliphatic heterocycles. The molecule has 0 heterocycles. The van der Waals surface area contributed by atoms with Gasteiger partial charge in [-0.1, -0.05) is 13.8 Å². The van der Waals surface area contributed by atoms with Crippen LogP contribution in [0.4, 0.5) is 0 Å². The molecule has 88 valence electrons. The van der Waals surface area contributed by atoms with Gasteiger partial charge in [-0.25, -0.2) is 0 Å². The molecule has 0 saturated heterocycles. The Labute approximate surface area is 94.4 Å². The summed E-state index contributed by atoms with van der Waals surface area (Å²) in [6.45, 7) is 8.40. The molecule has 2 fully saturated rings. The van der Waals surface area contributed by atoms with E-state index in [1.807, 2.05) is 0 Å². The van der Waals surface area contributed by atoms with E-state index >= 15 is 0 Å². The summed E-state index contributed by atoms with van der Waals surface area (Å²) in [4.78, 5) is 2.68. The van der Waals surface area contributed by atoms with Crippen LogP contribution in [0.1, 0.15) is 46.0 Å². The molecule has 2 aliphatic carbocycles. The number of rotatable bonds is 7. The summed E-state index contributed by atoms with van der Waals surface area (Å²) < 4.78 is 0. The highest BCUT2D eigenvalue weighted by Crippen LogP contribution is 2.32. The second-order valence-corrected chi connectivity index (χ2v) is 5.22. The van der Waals surface area contributed by atoms with Crippen LogP contribution in [0.5, 0.6) is 0 Å². The third-order valence-corrected chi connectivity index (χ3v) is 4.01. The van der Waals surface area contributed by atoms with Crippen LogP contribution in [0, 0.1) is 5.92 Å². The number of nitrogens with zero attached hydrogens (tertiary/aromatic N) is 1. The van der Waals surface area contributed by atoms with E-state index in [-0.39, 0.29) is 0 Å². The van der Waals surface area contributed by atoms with Gasteiger partial charge in [0.25, 0.3) is 0 Å². The fourth-order valence-corrected chi connectivity index (χ4v) is 2.72. The van der Waals surface area contributed by atoms with Crippen molar-refractivity contribution in [2.24, 2.45) is 5.92 Å². The SMILES string of the molecule is CCCN(CC)C1CCC1CNC1CC1. The molecule has 0 spiro atoms. The summed E-state index contributed by atoms with van der Waals surface area (Å²) in [5.74, 6) is 0.942. The smallest absolute Gasteiger partial charge is 0.0136 e. The lowest BCUT2D eigenvalue weighted by Crippen LogP contribution is -2.50. The van der Waals surface area contributed by atoms with E-state index < -0.39 is 0 Å². The van der Waals surface area contributed by atoms with E-state index in [2.05, 4.69) is 24.1 Å². The van der Waals surface area contributed by atoms with Crippen LogP contribution in [0.15, 0.2) is 0 Å². The highest BCUT2D eigenvalue weighted by Gasteiger charge is 2.35. The Kier molecular flexibility index (Phi) is 4.04. The molecule has 0 amide bonds. The predicted molar refractivity (Wildman–Crippen MR) is 65.1 cm³/mol. The van der Waals surface area contributed by atoms with Crippen molar-refractivity contribution in [3.05, 3.63) is 0 Å². The fraction of sp³-hybridized carbons (Fsp3) is 1.00. The topological polar surface area (TPSA) is 15.3 Å². The molecule has 15 heavy (non-hydrogen) atoms. The first kappa shape index (κ1) is 11.4. The molecule has 2 aliphatic rings. The molecule has 0 aromatic rings. The lowest BCUT2D eigenvalue weighted by atomic mass is 9.78. The predicted octanol–water partition coefficient (Wildman–Crippen LogP) is 2.25. The molecule has 0 radical (unpaired) electrons. The van der Waals surface area contributed by atoms with E-state index in [1.165, 1.54) is 51.7 Å². The van der Waals surface area contributed by atoms with Crippen molar-refractivity contribution in [3.63, 3.8) is 0 Å². The van der Waals surface area contributed by atoms with Crippen molar-refractivity contribution in [1.29, 1.82) is 0 Å². The lowest BCUT2D eigenvalue weighted by Gasteiger charge is -2.44. The van der Waals surface area contributed by atoms with E-state index in [1.54, 1.807) is 0 Å². The summed E-state index contributed by atoms with van der Waals surface area (Å²) in [6.07, 6.45) is 7.02. The van der Waals surface area contributed by atoms with Crippen LogP contribution in [0.25, 0.3) is 0 Å². The van der Waals surface area contributed by atoms with Gasteiger partial charge in [-0.05, 0) is 57.7 Å². The van der Waals surface area contributed by atoms with Crippen LogP contribution < -0.4 is 5.32 Å². The Morgan fingerprint density at radius 2 is 1.93 bits per heavy atom. The molecule has 2 unspecified atom stereocenters. The first-order valence-corrected chi connectivity index (χ1v) is 6.82. The molecule has 0 aromatic carbocycles. The first-order chi connectivity index (χ1) is 7.35. The van der Waals surface area contributed by atoms with Crippen molar-refractivity contribution in [3.8, 4) is 0 Å². The number of hydrogen-bond donors (Lipinski definition) is 1. The van der Waals surface area contributed by atoms with Crippen molar-refractivity contribution >= 4 is 0 Å². The van der Waals surface area contributed by atoms with Gasteiger partial charge >= 0.3 is 0 Å². The van der Waals surface area contributed by atoms with Crippen LogP contribution in [0.3, 0.4) is 0 Å². The minimum atomic E-state index is 0.882. The monoisotopic (exact) mass is 210 g/mol. The van der Waals surface area contributed by atoms with E-state index in [0.717, 1.165) is 18.0 Å². The maximum atomic E-state index is 3.68. The maximum absolute atomic E-state index is 3.68. The van der Waals surface area contributed by atoms with Crippen LogP contribution in [-0.2, 0) is 0 Å². The quantitative estimate of drug-likeness (QED) is 0.693. The van der Waals surface area contributed by atoms with Gasteiger partial charge in [0.05, 0.1) is 0 Å². The van der Waals surface area contributed by atoms with Gasteiger partial charge in [0.15, 0.2) is 0 Å². The Morgan fingerprint density at radius 3 is 2.40 bits per heavy atom. The standard InChI is InChI=1S/C13H26N2/c1-3-9-15(4-2)13-8-5-11(13)10-14-12-6-7-12/h11-14H,3-10H2,1-2H3. The Morgan fingerprint density at radius 1 is 1.13 bits per heavy atom. The summed E-state index contributed by atoms with van der Waals surface area (Å²) in [7, 11) is 0. The average molecular weight is 210 g/mol. The molecular weight excluding hydrogens is 184 g/mol. The molecule has 2 heteroatoms. The van der Waals surface area contributed by atoms with Crippen molar-refractivity contribution in [1.82, 2.24) is 10.2 Å². The Bertz CT molecular complexity index is 189. The fourth-order valence-electron chi connectivity index (χ4n) is 2.72. The summed E-state index contributed by atoms with van der Waals surface area (Å²) >= 11 is 0. The second kappa shape index (κ2) is 5.31. The van der Waals surface area contributed by atoms with Crippen LogP contribution >= 0.6 is 0 Å². The van der Waals surface area contributed by atoms with Crippen LogP contribution in [-0.4, -0.2) is 36.6 Å². The first-order valence-electron chi connectivity index (χ1n) is 6.82.